The second-order valence-corrected chi connectivity index (χ2v) is 7.11. The van der Waals surface area contributed by atoms with E-state index in [0.29, 0.717) is 6.42 Å². The fraction of sp³-hybridized carbons (Fsp3) is 0.250. The molecule has 7 heteroatoms. The van der Waals surface area contributed by atoms with E-state index >= 15 is 0 Å². The standard InChI is InChI=1S/C16H17FN2O3S/c1-22-16-12(17)7-4-8-14(16)23(20,21)19-13-9-10-5-2-3-6-11(10)15(13)18/h2-8,13,15,19H,9,18H2,1H3/t13-,15-/m1/s1. The van der Waals surface area contributed by atoms with Crippen LogP contribution in [0, 0.1) is 5.82 Å². The Morgan fingerprint density at radius 1 is 1.22 bits per heavy atom. The van der Waals surface area contributed by atoms with Crippen LogP contribution < -0.4 is 15.2 Å². The number of nitrogens with two attached hydrogens (primary N) is 1. The summed E-state index contributed by atoms with van der Waals surface area (Å²) in [7, 11) is -2.72. The third-order valence-corrected chi connectivity index (χ3v) is 5.53. The molecule has 23 heavy (non-hydrogen) atoms. The molecule has 0 saturated heterocycles. The zero-order valence-corrected chi connectivity index (χ0v) is 13.3. The van der Waals surface area contributed by atoms with E-state index in [1.54, 1.807) is 0 Å². The van der Waals surface area contributed by atoms with Gasteiger partial charge in [0.1, 0.15) is 4.90 Å². The van der Waals surface area contributed by atoms with Crippen molar-refractivity contribution in [1.82, 2.24) is 4.72 Å². The summed E-state index contributed by atoms with van der Waals surface area (Å²) in [4.78, 5) is -0.233. The summed E-state index contributed by atoms with van der Waals surface area (Å²) in [6, 6.07) is 10.4. The van der Waals surface area contributed by atoms with Crippen molar-refractivity contribution in [2.45, 2.75) is 23.4 Å². The van der Waals surface area contributed by atoms with Crippen LogP contribution in [0.25, 0.3) is 0 Å². The molecule has 0 fully saturated rings. The lowest BCUT2D eigenvalue weighted by molar-refractivity contribution is 0.373. The summed E-state index contributed by atoms with van der Waals surface area (Å²) in [5.74, 6) is -1.03. The maximum atomic E-state index is 13.7. The van der Waals surface area contributed by atoms with Crippen LogP contribution >= 0.6 is 0 Å². The zero-order chi connectivity index (χ0) is 16.6. The summed E-state index contributed by atoms with van der Waals surface area (Å²) in [6.45, 7) is 0. The Labute approximate surface area is 134 Å². The lowest BCUT2D eigenvalue weighted by Crippen LogP contribution is -2.40. The number of benzene rings is 2. The van der Waals surface area contributed by atoms with Crippen LogP contribution in [0.3, 0.4) is 0 Å². The molecule has 3 rings (SSSR count). The molecule has 0 unspecified atom stereocenters. The first-order valence-electron chi connectivity index (χ1n) is 7.12. The van der Waals surface area contributed by atoms with Gasteiger partial charge in [-0.15, -0.1) is 0 Å². The van der Waals surface area contributed by atoms with Gasteiger partial charge in [0.25, 0.3) is 0 Å². The minimum atomic E-state index is -3.95. The van der Waals surface area contributed by atoms with Crippen molar-refractivity contribution in [1.29, 1.82) is 0 Å². The van der Waals surface area contributed by atoms with Crippen LogP contribution in [0.4, 0.5) is 4.39 Å². The van der Waals surface area contributed by atoms with Crippen LogP contribution in [0.1, 0.15) is 17.2 Å². The summed E-state index contributed by atoms with van der Waals surface area (Å²) in [5.41, 5.74) is 8.08. The smallest absolute Gasteiger partial charge is 0.244 e. The molecule has 122 valence electrons. The van der Waals surface area contributed by atoms with Gasteiger partial charge in [0.2, 0.25) is 10.0 Å². The van der Waals surface area contributed by atoms with Crippen molar-refractivity contribution in [3.63, 3.8) is 0 Å². The highest BCUT2D eigenvalue weighted by atomic mass is 32.2. The van der Waals surface area contributed by atoms with Gasteiger partial charge in [-0.2, -0.15) is 0 Å². The second kappa shape index (κ2) is 5.92. The summed E-state index contributed by atoms with van der Waals surface area (Å²) in [6.07, 6.45) is 0.494. The Balaban J connectivity index is 1.91. The fourth-order valence-corrected chi connectivity index (χ4v) is 4.34. The average Bonchev–Trinajstić information content (AvgIpc) is 2.83. The van der Waals surface area contributed by atoms with E-state index < -0.39 is 27.9 Å². The molecule has 3 N–H and O–H groups in total. The highest BCUT2D eigenvalue weighted by molar-refractivity contribution is 7.89. The van der Waals surface area contributed by atoms with Gasteiger partial charge in [-0.25, -0.2) is 17.5 Å². The van der Waals surface area contributed by atoms with E-state index in [9.17, 15) is 12.8 Å². The molecule has 2 aromatic carbocycles. The molecule has 0 aromatic heterocycles. The van der Waals surface area contributed by atoms with Gasteiger partial charge in [-0.05, 0) is 29.7 Å². The number of rotatable bonds is 4. The van der Waals surface area contributed by atoms with E-state index in [2.05, 4.69) is 4.72 Å². The van der Waals surface area contributed by atoms with Crippen molar-refractivity contribution in [2.24, 2.45) is 5.73 Å². The normalized spacial score (nSPS) is 20.3. The van der Waals surface area contributed by atoms with Gasteiger partial charge < -0.3 is 10.5 Å². The number of hydrogen-bond donors (Lipinski definition) is 2. The number of ether oxygens (including phenoxy) is 1. The lowest BCUT2D eigenvalue weighted by Gasteiger charge is -2.19. The molecule has 0 radical (unpaired) electrons. The first kappa shape index (κ1) is 15.9. The van der Waals surface area contributed by atoms with Crippen molar-refractivity contribution in [3.8, 4) is 5.75 Å². The summed E-state index contributed by atoms with van der Waals surface area (Å²) in [5, 5.41) is 0. The summed E-state index contributed by atoms with van der Waals surface area (Å²) < 4.78 is 46.4. The van der Waals surface area contributed by atoms with Gasteiger partial charge in [-0.3, -0.25) is 0 Å². The van der Waals surface area contributed by atoms with Crippen LogP contribution in [0.5, 0.6) is 5.75 Å². The first-order valence-corrected chi connectivity index (χ1v) is 8.60. The predicted molar refractivity (Wildman–Crippen MR) is 84.1 cm³/mol. The molecular weight excluding hydrogens is 319 g/mol. The molecule has 0 heterocycles. The Bertz CT molecular complexity index is 839. The van der Waals surface area contributed by atoms with Crippen LogP contribution in [-0.2, 0) is 16.4 Å². The molecule has 1 aliphatic rings. The monoisotopic (exact) mass is 336 g/mol. The number of nitrogens with one attached hydrogen (secondary N) is 1. The van der Waals surface area contributed by atoms with Crippen LogP contribution in [0.15, 0.2) is 47.4 Å². The van der Waals surface area contributed by atoms with Crippen LogP contribution in [0.2, 0.25) is 0 Å². The molecule has 0 saturated carbocycles. The SMILES string of the molecule is COc1c(F)cccc1S(=O)(=O)N[C@@H]1Cc2ccccc2[C@H]1N. The number of para-hydroxylation sites is 1. The largest absolute Gasteiger partial charge is 0.492 e. The minimum Gasteiger partial charge on any atom is -0.492 e. The Morgan fingerprint density at radius 3 is 2.65 bits per heavy atom. The third kappa shape index (κ3) is 2.83. The number of fused-ring (bicyclic) bond motifs is 1. The molecule has 2 aromatic rings. The van der Waals surface area contributed by atoms with E-state index in [4.69, 9.17) is 10.5 Å². The van der Waals surface area contributed by atoms with Crippen molar-refractivity contribution in [2.75, 3.05) is 7.11 Å². The van der Waals surface area contributed by atoms with E-state index in [1.807, 2.05) is 24.3 Å². The zero-order valence-electron chi connectivity index (χ0n) is 12.5. The Kier molecular flexibility index (Phi) is 4.09. The maximum Gasteiger partial charge on any atom is 0.244 e. The quantitative estimate of drug-likeness (QED) is 0.891. The third-order valence-electron chi connectivity index (χ3n) is 4.02. The first-order chi connectivity index (χ1) is 10.9. The second-order valence-electron chi connectivity index (χ2n) is 5.43. The lowest BCUT2D eigenvalue weighted by atomic mass is 10.1. The van der Waals surface area contributed by atoms with Crippen LogP contribution in [-0.4, -0.2) is 21.6 Å². The highest BCUT2D eigenvalue weighted by Gasteiger charge is 2.34. The molecular formula is C16H17FN2O3S. The molecule has 5 nitrogen and oxygen atoms in total. The van der Waals surface area contributed by atoms with Crippen molar-refractivity contribution >= 4 is 10.0 Å². The molecule has 0 bridgehead atoms. The van der Waals surface area contributed by atoms with Gasteiger partial charge in [0, 0.05) is 12.1 Å². The molecule has 2 atom stereocenters. The van der Waals surface area contributed by atoms with Crippen molar-refractivity contribution < 1.29 is 17.5 Å². The molecule has 0 amide bonds. The molecule has 0 aliphatic heterocycles. The molecule has 0 spiro atoms. The summed E-state index contributed by atoms with van der Waals surface area (Å²) >= 11 is 0. The molecule has 1 aliphatic carbocycles. The Hall–Kier alpha value is -1.96. The van der Waals surface area contributed by atoms with Gasteiger partial charge in [-0.1, -0.05) is 30.3 Å². The minimum absolute atomic E-state index is 0.233. The topological polar surface area (TPSA) is 81.4 Å². The van der Waals surface area contributed by atoms with E-state index in [-0.39, 0.29) is 10.6 Å². The van der Waals surface area contributed by atoms with Gasteiger partial charge in [0.05, 0.1) is 7.11 Å². The number of methoxy groups -OCH3 is 1. The predicted octanol–water partition coefficient (Wildman–Crippen LogP) is 1.74. The van der Waals surface area contributed by atoms with Crippen molar-refractivity contribution in [3.05, 3.63) is 59.4 Å². The maximum absolute atomic E-state index is 13.7. The average molecular weight is 336 g/mol. The van der Waals surface area contributed by atoms with E-state index in [1.165, 1.54) is 19.2 Å². The van der Waals surface area contributed by atoms with Gasteiger partial charge >= 0.3 is 0 Å². The number of sulfonamides is 1. The van der Waals surface area contributed by atoms with E-state index in [0.717, 1.165) is 17.2 Å². The Morgan fingerprint density at radius 2 is 1.96 bits per heavy atom. The number of halogens is 1. The number of hydrogen-bond acceptors (Lipinski definition) is 4. The highest BCUT2D eigenvalue weighted by Crippen LogP contribution is 2.32. The van der Waals surface area contributed by atoms with Gasteiger partial charge in [0.15, 0.2) is 11.6 Å². The fourth-order valence-electron chi connectivity index (χ4n) is 2.90.